The van der Waals surface area contributed by atoms with Crippen molar-refractivity contribution >= 4 is 23.2 Å². The van der Waals surface area contributed by atoms with E-state index in [1.807, 2.05) is 30.9 Å². The molecule has 1 aromatic carbocycles. The first kappa shape index (κ1) is 16.6. The van der Waals surface area contributed by atoms with Crippen LogP contribution in [0.2, 0.25) is 0 Å². The minimum atomic E-state index is -0.915. The molecule has 0 spiro atoms. The minimum Gasteiger partial charge on any atom is -0.478 e. The van der Waals surface area contributed by atoms with Gasteiger partial charge in [-0.25, -0.2) is 9.78 Å². The molecule has 1 saturated heterocycles. The summed E-state index contributed by atoms with van der Waals surface area (Å²) in [5, 5.41) is 10.3. The molecule has 1 N–H and O–H groups in total. The van der Waals surface area contributed by atoms with Crippen molar-refractivity contribution in [2.24, 2.45) is 0 Å². The SMILES string of the molecule is CCc1nc(C)c(C(=O)N2CCC(c3ccccc3C(=O)O)C2)s1. The summed E-state index contributed by atoms with van der Waals surface area (Å²) in [4.78, 5) is 31.1. The van der Waals surface area contributed by atoms with Crippen molar-refractivity contribution in [3.8, 4) is 0 Å². The maximum atomic E-state index is 12.8. The topological polar surface area (TPSA) is 70.5 Å². The molecule has 5 nitrogen and oxygen atoms in total. The van der Waals surface area contributed by atoms with Gasteiger partial charge in [-0.05, 0) is 31.4 Å². The molecular formula is C18H20N2O3S. The molecule has 6 heteroatoms. The number of hydrogen-bond donors (Lipinski definition) is 1. The fourth-order valence-corrected chi connectivity index (χ4v) is 4.16. The Bertz CT molecular complexity index is 784. The number of benzene rings is 1. The first-order valence-electron chi connectivity index (χ1n) is 8.09. The van der Waals surface area contributed by atoms with Crippen LogP contribution in [0.5, 0.6) is 0 Å². The van der Waals surface area contributed by atoms with E-state index in [1.165, 1.54) is 11.3 Å². The number of aromatic nitrogens is 1. The number of aryl methyl sites for hydroxylation is 2. The van der Waals surface area contributed by atoms with Crippen molar-refractivity contribution in [3.05, 3.63) is 51.0 Å². The lowest BCUT2D eigenvalue weighted by Gasteiger charge is -2.17. The Kier molecular flexibility index (Phi) is 4.66. The van der Waals surface area contributed by atoms with Crippen LogP contribution in [0.15, 0.2) is 24.3 Å². The van der Waals surface area contributed by atoms with Crippen LogP contribution in [-0.4, -0.2) is 40.0 Å². The Balaban J connectivity index is 1.79. The maximum absolute atomic E-state index is 12.8. The van der Waals surface area contributed by atoms with Crippen molar-refractivity contribution in [2.45, 2.75) is 32.6 Å². The predicted octanol–water partition coefficient (Wildman–Crippen LogP) is 3.34. The highest BCUT2D eigenvalue weighted by Gasteiger charge is 2.31. The number of carboxylic acid groups (broad SMARTS) is 1. The highest BCUT2D eigenvalue weighted by molar-refractivity contribution is 7.13. The van der Waals surface area contributed by atoms with Crippen LogP contribution in [0.3, 0.4) is 0 Å². The second kappa shape index (κ2) is 6.73. The van der Waals surface area contributed by atoms with E-state index >= 15 is 0 Å². The first-order chi connectivity index (χ1) is 11.5. The van der Waals surface area contributed by atoms with Gasteiger partial charge in [0.25, 0.3) is 5.91 Å². The van der Waals surface area contributed by atoms with E-state index in [-0.39, 0.29) is 11.8 Å². The quantitative estimate of drug-likeness (QED) is 0.923. The van der Waals surface area contributed by atoms with E-state index in [1.54, 1.807) is 12.1 Å². The summed E-state index contributed by atoms with van der Waals surface area (Å²) < 4.78 is 0. The van der Waals surface area contributed by atoms with Crippen LogP contribution in [0, 0.1) is 6.92 Å². The van der Waals surface area contributed by atoms with Gasteiger partial charge in [-0.3, -0.25) is 4.79 Å². The largest absolute Gasteiger partial charge is 0.478 e. The van der Waals surface area contributed by atoms with E-state index in [4.69, 9.17) is 0 Å². The zero-order valence-electron chi connectivity index (χ0n) is 13.8. The summed E-state index contributed by atoms with van der Waals surface area (Å²) in [6.07, 6.45) is 1.61. The maximum Gasteiger partial charge on any atom is 0.335 e. The summed E-state index contributed by atoms with van der Waals surface area (Å²) in [6, 6.07) is 7.07. The number of carboxylic acids is 1. The van der Waals surface area contributed by atoms with E-state index in [2.05, 4.69) is 4.98 Å². The average molecular weight is 344 g/mol. The van der Waals surface area contributed by atoms with E-state index in [9.17, 15) is 14.7 Å². The third-order valence-electron chi connectivity index (χ3n) is 4.44. The van der Waals surface area contributed by atoms with Crippen molar-refractivity contribution in [1.82, 2.24) is 9.88 Å². The van der Waals surface area contributed by atoms with Gasteiger partial charge < -0.3 is 10.0 Å². The lowest BCUT2D eigenvalue weighted by molar-refractivity contribution is 0.0695. The van der Waals surface area contributed by atoms with Crippen LogP contribution in [0.1, 0.15) is 55.6 Å². The molecule has 0 saturated carbocycles. The Labute approximate surface area is 145 Å². The molecular weight excluding hydrogens is 324 g/mol. The Hall–Kier alpha value is -2.21. The molecule has 0 bridgehead atoms. The van der Waals surface area contributed by atoms with Gasteiger partial charge in [0.1, 0.15) is 4.88 Å². The number of amides is 1. The minimum absolute atomic E-state index is 0.0139. The standard InChI is InChI=1S/C18H20N2O3S/c1-3-15-19-11(2)16(24-15)17(21)20-9-8-12(10-20)13-6-4-5-7-14(13)18(22)23/h4-7,12H,3,8-10H2,1-2H3,(H,22,23). The second-order valence-corrected chi connectivity index (χ2v) is 7.09. The molecule has 24 heavy (non-hydrogen) atoms. The molecule has 3 rings (SSSR count). The molecule has 126 valence electrons. The zero-order valence-corrected chi connectivity index (χ0v) is 14.6. The van der Waals surface area contributed by atoms with Crippen LogP contribution in [-0.2, 0) is 6.42 Å². The third kappa shape index (κ3) is 3.06. The lowest BCUT2D eigenvalue weighted by atomic mass is 9.93. The van der Waals surface area contributed by atoms with Crippen molar-refractivity contribution in [3.63, 3.8) is 0 Å². The molecule has 1 fully saturated rings. The van der Waals surface area contributed by atoms with Gasteiger partial charge in [0, 0.05) is 19.0 Å². The number of likely N-dealkylation sites (tertiary alicyclic amines) is 1. The Morgan fingerprint density at radius 3 is 2.79 bits per heavy atom. The fraction of sp³-hybridized carbons (Fsp3) is 0.389. The number of carbonyl (C=O) groups is 2. The number of thiazole rings is 1. The molecule has 0 radical (unpaired) electrons. The summed E-state index contributed by atoms with van der Waals surface area (Å²) >= 11 is 1.46. The van der Waals surface area contributed by atoms with E-state index in [0.717, 1.165) is 29.1 Å². The van der Waals surface area contributed by atoms with Crippen LogP contribution in [0.4, 0.5) is 0 Å². The van der Waals surface area contributed by atoms with Crippen LogP contribution >= 0.6 is 11.3 Å². The second-order valence-electron chi connectivity index (χ2n) is 6.00. The van der Waals surface area contributed by atoms with Gasteiger partial charge in [0.2, 0.25) is 0 Å². The third-order valence-corrected chi connectivity index (χ3v) is 5.73. The van der Waals surface area contributed by atoms with Gasteiger partial charge in [-0.2, -0.15) is 0 Å². The van der Waals surface area contributed by atoms with Gasteiger partial charge >= 0.3 is 5.97 Å². The van der Waals surface area contributed by atoms with Gasteiger partial charge in [0.15, 0.2) is 0 Å². The summed E-state index contributed by atoms with van der Waals surface area (Å²) in [6.45, 7) is 5.11. The van der Waals surface area contributed by atoms with Gasteiger partial charge in [-0.1, -0.05) is 25.1 Å². The molecule has 1 aliphatic heterocycles. The smallest absolute Gasteiger partial charge is 0.335 e. The predicted molar refractivity (Wildman–Crippen MR) is 92.9 cm³/mol. The fourth-order valence-electron chi connectivity index (χ4n) is 3.19. The number of nitrogens with zero attached hydrogens (tertiary/aromatic N) is 2. The normalized spacial score (nSPS) is 17.2. The molecule has 2 aromatic rings. The van der Waals surface area contributed by atoms with Gasteiger partial charge in [0.05, 0.1) is 16.3 Å². The number of hydrogen-bond acceptors (Lipinski definition) is 4. The molecule has 1 atom stereocenters. The summed E-state index contributed by atoms with van der Waals surface area (Å²) in [5.41, 5.74) is 1.94. The van der Waals surface area contributed by atoms with Gasteiger partial charge in [-0.15, -0.1) is 11.3 Å². The molecule has 1 aliphatic rings. The summed E-state index contributed by atoms with van der Waals surface area (Å²) in [5.74, 6) is -0.832. The van der Waals surface area contributed by atoms with Crippen LogP contribution in [0.25, 0.3) is 0 Å². The van der Waals surface area contributed by atoms with Crippen LogP contribution < -0.4 is 0 Å². The number of aromatic carboxylic acids is 1. The number of carbonyl (C=O) groups excluding carboxylic acids is 1. The summed E-state index contributed by atoms with van der Waals surface area (Å²) in [7, 11) is 0. The van der Waals surface area contributed by atoms with E-state index < -0.39 is 5.97 Å². The molecule has 1 unspecified atom stereocenters. The first-order valence-corrected chi connectivity index (χ1v) is 8.90. The van der Waals surface area contributed by atoms with E-state index in [0.29, 0.717) is 23.5 Å². The molecule has 0 aliphatic carbocycles. The highest BCUT2D eigenvalue weighted by atomic mass is 32.1. The molecule has 1 aromatic heterocycles. The van der Waals surface area contributed by atoms with Crippen molar-refractivity contribution in [1.29, 1.82) is 0 Å². The molecule has 2 heterocycles. The lowest BCUT2D eigenvalue weighted by Crippen LogP contribution is -2.28. The monoisotopic (exact) mass is 344 g/mol. The number of rotatable bonds is 4. The Morgan fingerprint density at radius 1 is 1.38 bits per heavy atom. The van der Waals surface area contributed by atoms with Crippen molar-refractivity contribution in [2.75, 3.05) is 13.1 Å². The Morgan fingerprint density at radius 2 is 2.12 bits per heavy atom. The van der Waals surface area contributed by atoms with Crippen molar-refractivity contribution < 1.29 is 14.7 Å². The zero-order chi connectivity index (χ0) is 17.3. The average Bonchev–Trinajstić information content (AvgIpc) is 3.21. The highest BCUT2D eigenvalue weighted by Crippen LogP contribution is 2.31. The molecule has 1 amide bonds.